The van der Waals surface area contributed by atoms with Gasteiger partial charge in [0.25, 0.3) is 0 Å². The number of hydrazine groups is 1. The Balaban J connectivity index is 1.97. The highest BCUT2D eigenvalue weighted by Gasteiger charge is 2.16. The van der Waals surface area contributed by atoms with E-state index in [1.165, 1.54) is 6.42 Å². The number of hydrogen-bond donors (Lipinski definition) is 3. The molecular formula is C4H10N2O2S. The van der Waals surface area contributed by atoms with E-state index in [1.807, 2.05) is 0 Å². The molecule has 0 aromatic heterocycles. The minimum atomic E-state index is -1.91. The predicted octanol–water partition coefficient (Wildman–Crippen LogP) is -0.230. The lowest BCUT2D eigenvalue weighted by Crippen LogP contribution is -2.45. The molecule has 1 rings (SSSR count). The van der Waals surface area contributed by atoms with Crippen molar-refractivity contribution in [3.05, 3.63) is 0 Å². The maximum Gasteiger partial charge on any atom is 0.245 e. The molecule has 4 nitrogen and oxygen atoms in total. The molecule has 5 heteroatoms. The van der Waals surface area contributed by atoms with Gasteiger partial charge in [0, 0.05) is 6.04 Å². The van der Waals surface area contributed by atoms with E-state index >= 15 is 0 Å². The fourth-order valence-electron chi connectivity index (χ4n) is 0.686. The number of rotatable bonds is 3. The van der Waals surface area contributed by atoms with Crippen LogP contribution in [0, 0.1) is 0 Å². The molecule has 3 N–H and O–H groups in total. The average molecular weight is 150 g/mol. The molecular weight excluding hydrogens is 140 g/mol. The van der Waals surface area contributed by atoms with E-state index in [1.54, 1.807) is 0 Å². The van der Waals surface area contributed by atoms with Crippen LogP contribution in [0.5, 0.6) is 0 Å². The Bertz CT molecular complexity index is 115. The molecule has 0 spiro atoms. The Kier molecular flexibility index (Phi) is 2.59. The van der Waals surface area contributed by atoms with Gasteiger partial charge in [0.15, 0.2) is 0 Å². The highest BCUT2D eigenvalue weighted by Crippen LogP contribution is 2.16. The fourth-order valence-corrected chi connectivity index (χ4v) is 0.954. The third-order valence-electron chi connectivity index (χ3n) is 1.46. The summed E-state index contributed by atoms with van der Waals surface area (Å²) in [5.74, 6) is 0. The summed E-state index contributed by atoms with van der Waals surface area (Å²) in [6.45, 7) is 0. The third-order valence-corrected chi connectivity index (χ3v) is 1.75. The maximum atomic E-state index is 9.98. The maximum absolute atomic E-state index is 9.98. The van der Waals surface area contributed by atoms with Crippen LogP contribution in [-0.4, -0.2) is 14.8 Å². The van der Waals surface area contributed by atoms with Crippen LogP contribution in [0.2, 0.25) is 0 Å². The summed E-state index contributed by atoms with van der Waals surface area (Å²) >= 11 is -1.91. The van der Waals surface area contributed by atoms with Gasteiger partial charge in [0.05, 0.1) is 0 Å². The van der Waals surface area contributed by atoms with Crippen molar-refractivity contribution in [1.29, 1.82) is 0 Å². The van der Waals surface area contributed by atoms with Gasteiger partial charge in [-0.05, 0) is 12.8 Å². The summed E-state index contributed by atoms with van der Waals surface area (Å²) < 4.78 is 18.2. The quantitative estimate of drug-likeness (QED) is 0.384. The molecule has 1 atom stereocenters. The average Bonchev–Trinajstić information content (AvgIpc) is 1.60. The molecule has 0 bridgehead atoms. The molecule has 54 valence electrons. The summed E-state index contributed by atoms with van der Waals surface area (Å²) in [5.41, 5.74) is 2.72. The van der Waals surface area contributed by atoms with E-state index in [0.29, 0.717) is 6.04 Å². The topological polar surface area (TPSA) is 61.4 Å². The minimum absolute atomic E-state index is 0.404. The van der Waals surface area contributed by atoms with Gasteiger partial charge in [-0.3, -0.25) is 4.55 Å². The Morgan fingerprint density at radius 1 is 1.56 bits per heavy atom. The molecule has 1 aliphatic carbocycles. The standard InChI is InChI=1S/C4H10N2O2S/c7-9(8)6-5-4-2-1-3-4/h4-6H,1-3H2,(H,7,8). The fraction of sp³-hybridized carbons (Fsp3) is 1.00. The van der Waals surface area contributed by atoms with Gasteiger partial charge in [0.2, 0.25) is 11.3 Å². The first-order valence-corrected chi connectivity index (χ1v) is 4.02. The predicted molar refractivity (Wildman–Crippen MR) is 34.7 cm³/mol. The van der Waals surface area contributed by atoms with Gasteiger partial charge in [-0.15, -0.1) is 0 Å². The van der Waals surface area contributed by atoms with Crippen molar-refractivity contribution in [3.63, 3.8) is 0 Å². The van der Waals surface area contributed by atoms with Crippen LogP contribution in [0.1, 0.15) is 19.3 Å². The molecule has 0 aliphatic heterocycles. The van der Waals surface area contributed by atoms with Gasteiger partial charge in [-0.25, -0.2) is 9.63 Å². The summed E-state index contributed by atoms with van der Waals surface area (Å²) in [5, 5.41) is 0. The SMILES string of the molecule is O=S(O)NNC1CCC1. The molecule has 1 saturated carbocycles. The first-order chi connectivity index (χ1) is 4.29. The van der Waals surface area contributed by atoms with Crippen molar-refractivity contribution in [1.82, 2.24) is 10.3 Å². The van der Waals surface area contributed by atoms with E-state index in [2.05, 4.69) is 10.3 Å². The smallest absolute Gasteiger partial charge is 0.245 e. The molecule has 0 radical (unpaired) electrons. The third kappa shape index (κ3) is 2.40. The number of nitrogens with one attached hydrogen (secondary N) is 2. The molecule has 0 heterocycles. The lowest BCUT2D eigenvalue weighted by atomic mass is 9.94. The van der Waals surface area contributed by atoms with Gasteiger partial charge in [0.1, 0.15) is 0 Å². The second-order valence-corrected chi connectivity index (χ2v) is 2.83. The van der Waals surface area contributed by atoms with Gasteiger partial charge in [-0.1, -0.05) is 6.42 Å². The van der Waals surface area contributed by atoms with Gasteiger partial charge >= 0.3 is 0 Å². The molecule has 0 saturated heterocycles. The Labute approximate surface area is 56.4 Å². The zero-order valence-electron chi connectivity index (χ0n) is 4.96. The van der Waals surface area contributed by atoms with Gasteiger partial charge in [-0.2, -0.15) is 4.83 Å². The number of hydrogen-bond acceptors (Lipinski definition) is 2. The van der Waals surface area contributed by atoms with E-state index in [-0.39, 0.29) is 0 Å². The summed E-state index contributed by atoms with van der Waals surface area (Å²) in [6.07, 6.45) is 3.42. The molecule has 0 aromatic rings. The summed E-state index contributed by atoms with van der Waals surface area (Å²) in [4.78, 5) is 2.23. The lowest BCUT2D eigenvalue weighted by Gasteiger charge is -2.25. The molecule has 1 unspecified atom stereocenters. The highest BCUT2D eigenvalue weighted by atomic mass is 32.2. The molecule has 9 heavy (non-hydrogen) atoms. The van der Waals surface area contributed by atoms with Crippen molar-refractivity contribution in [2.75, 3.05) is 0 Å². The first kappa shape index (κ1) is 7.14. The summed E-state index contributed by atoms with van der Waals surface area (Å²) in [7, 11) is 0. The van der Waals surface area contributed by atoms with Crippen LogP contribution in [0.3, 0.4) is 0 Å². The van der Waals surface area contributed by atoms with E-state index < -0.39 is 11.3 Å². The van der Waals surface area contributed by atoms with Crippen LogP contribution >= 0.6 is 0 Å². The monoisotopic (exact) mass is 150 g/mol. The Hall–Kier alpha value is 0.0300. The van der Waals surface area contributed by atoms with Crippen LogP contribution in [0.25, 0.3) is 0 Å². The van der Waals surface area contributed by atoms with Crippen molar-refractivity contribution < 1.29 is 8.76 Å². The normalized spacial score (nSPS) is 23.2. The van der Waals surface area contributed by atoms with Crippen LogP contribution in [0.4, 0.5) is 0 Å². The summed E-state index contributed by atoms with van der Waals surface area (Å²) in [6, 6.07) is 0.404. The molecule has 0 aromatic carbocycles. The Morgan fingerprint density at radius 3 is 2.56 bits per heavy atom. The molecule has 0 amide bonds. The van der Waals surface area contributed by atoms with Crippen molar-refractivity contribution in [2.24, 2.45) is 0 Å². The second kappa shape index (κ2) is 3.26. The lowest BCUT2D eigenvalue weighted by molar-refractivity contribution is 0.326. The van der Waals surface area contributed by atoms with E-state index in [9.17, 15) is 4.21 Å². The van der Waals surface area contributed by atoms with Crippen LogP contribution in [0.15, 0.2) is 0 Å². The van der Waals surface area contributed by atoms with Gasteiger partial charge < -0.3 is 0 Å². The van der Waals surface area contributed by atoms with E-state index in [4.69, 9.17) is 4.55 Å². The molecule has 1 aliphatic rings. The van der Waals surface area contributed by atoms with Crippen LogP contribution < -0.4 is 10.3 Å². The Morgan fingerprint density at radius 2 is 2.22 bits per heavy atom. The first-order valence-electron chi connectivity index (χ1n) is 2.91. The van der Waals surface area contributed by atoms with Crippen LogP contribution in [-0.2, 0) is 11.3 Å². The minimum Gasteiger partial charge on any atom is -0.293 e. The highest BCUT2D eigenvalue weighted by molar-refractivity contribution is 7.77. The molecule has 1 fully saturated rings. The van der Waals surface area contributed by atoms with Crippen molar-refractivity contribution in [3.8, 4) is 0 Å². The largest absolute Gasteiger partial charge is 0.293 e. The second-order valence-electron chi connectivity index (χ2n) is 2.12. The zero-order chi connectivity index (χ0) is 6.69. The van der Waals surface area contributed by atoms with Crippen molar-refractivity contribution in [2.45, 2.75) is 25.3 Å². The van der Waals surface area contributed by atoms with E-state index in [0.717, 1.165) is 12.8 Å². The van der Waals surface area contributed by atoms with Crippen molar-refractivity contribution >= 4 is 11.3 Å². The zero-order valence-corrected chi connectivity index (χ0v) is 5.78.